The number of hydrogen-bond donors (Lipinski definition) is 0. The number of benzene rings is 2. The Labute approximate surface area is 134 Å². The van der Waals surface area contributed by atoms with Gasteiger partial charge in [-0.2, -0.15) is 0 Å². The van der Waals surface area contributed by atoms with Gasteiger partial charge < -0.3 is 0 Å². The fourth-order valence-electron chi connectivity index (χ4n) is 5.28. The van der Waals surface area contributed by atoms with E-state index in [9.17, 15) is 0 Å². The third kappa shape index (κ3) is 1.06. The van der Waals surface area contributed by atoms with Crippen molar-refractivity contribution in [2.75, 3.05) is 0 Å². The zero-order valence-electron chi connectivity index (χ0n) is 12.7. The Hall–Kier alpha value is -2.60. The first kappa shape index (κ1) is 11.0. The Bertz CT molecular complexity index is 1140. The van der Waals surface area contributed by atoms with Gasteiger partial charge in [-0.1, -0.05) is 60.2 Å². The van der Waals surface area contributed by atoms with Crippen molar-refractivity contribution in [1.29, 1.82) is 0 Å². The molecule has 0 nitrogen and oxygen atoms in total. The normalized spacial score (nSPS) is 23.7. The second-order valence-corrected chi connectivity index (χ2v) is 7.24. The molecule has 0 amide bonds. The van der Waals surface area contributed by atoms with Gasteiger partial charge in [-0.25, -0.2) is 0 Å². The van der Waals surface area contributed by atoms with Crippen LogP contribution in [0.15, 0.2) is 53.6 Å². The molecule has 0 radical (unpaired) electrons. The molecule has 5 aliphatic carbocycles. The lowest BCUT2D eigenvalue weighted by atomic mass is 9.74. The minimum Gasteiger partial charge on any atom is -0.0622 e. The molecule has 0 N–H and O–H groups in total. The third-order valence-corrected chi connectivity index (χ3v) is 6.27. The van der Waals surface area contributed by atoms with Crippen LogP contribution in [0, 0.1) is 0 Å². The molecule has 1 atom stereocenters. The maximum Gasteiger partial charge on any atom is 0.0105 e. The summed E-state index contributed by atoms with van der Waals surface area (Å²) in [5, 5.41) is 2.97. The lowest BCUT2D eigenvalue weighted by Crippen LogP contribution is -2.09. The molecule has 0 aromatic heterocycles. The summed E-state index contributed by atoms with van der Waals surface area (Å²) in [5.41, 5.74) is 14.3. The van der Waals surface area contributed by atoms with Crippen LogP contribution in [0.2, 0.25) is 0 Å². The molecule has 0 bridgehead atoms. The Morgan fingerprint density at radius 2 is 1.74 bits per heavy atom. The van der Waals surface area contributed by atoms with Gasteiger partial charge in [-0.3, -0.25) is 0 Å². The largest absolute Gasteiger partial charge is 0.0622 e. The van der Waals surface area contributed by atoms with Gasteiger partial charge in [0.2, 0.25) is 0 Å². The minimum absolute atomic E-state index is 0.705. The van der Waals surface area contributed by atoms with E-state index in [0.717, 1.165) is 0 Å². The fourth-order valence-corrected chi connectivity index (χ4v) is 5.28. The summed E-state index contributed by atoms with van der Waals surface area (Å²) in [6.07, 6.45) is 15.8. The van der Waals surface area contributed by atoms with Gasteiger partial charge in [0.05, 0.1) is 0 Å². The molecule has 106 valence electrons. The van der Waals surface area contributed by atoms with Crippen molar-refractivity contribution in [3.63, 3.8) is 0 Å². The maximum absolute atomic E-state index is 2.34. The van der Waals surface area contributed by atoms with E-state index >= 15 is 0 Å². The van der Waals surface area contributed by atoms with Crippen LogP contribution in [0.4, 0.5) is 0 Å². The molecule has 0 saturated heterocycles. The van der Waals surface area contributed by atoms with Gasteiger partial charge in [-0.05, 0) is 68.2 Å². The smallest absolute Gasteiger partial charge is 0.0105 e. The van der Waals surface area contributed by atoms with Crippen LogP contribution in [0.3, 0.4) is 0 Å². The molecule has 2 aromatic rings. The van der Waals surface area contributed by atoms with E-state index < -0.39 is 0 Å². The predicted molar refractivity (Wildman–Crippen MR) is 97.0 cm³/mol. The third-order valence-electron chi connectivity index (χ3n) is 6.27. The van der Waals surface area contributed by atoms with E-state index in [1.165, 1.54) is 40.3 Å². The highest BCUT2D eigenvalue weighted by Crippen LogP contribution is 2.69. The molecule has 0 heterocycles. The highest BCUT2D eigenvalue weighted by atomic mass is 14.5. The number of fused-ring (bicyclic) bond motifs is 6. The fraction of sp³-hybridized carbons (Fsp3) is 0.130. The summed E-state index contributed by atoms with van der Waals surface area (Å²) in [7, 11) is 0. The summed E-state index contributed by atoms with van der Waals surface area (Å²) in [6, 6.07) is 6.90. The molecule has 2 aromatic carbocycles. The first-order valence-corrected chi connectivity index (χ1v) is 8.53. The molecule has 1 unspecified atom stereocenters. The summed E-state index contributed by atoms with van der Waals surface area (Å²) < 4.78 is 0. The zero-order valence-corrected chi connectivity index (χ0v) is 12.7. The van der Waals surface area contributed by atoms with Crippen molar-refractivity contribution in [2.24, 2.45) is 0 Å². The van der Waals surface area contributed by atoms with Crippen molar-refractivity contribution >= 4 is 34.1 Å². The molecular weight excluding hydrogens is 276 g/mol. The molecule has 1 fully saturated rings. The lowest BCUT2D eigenvalue weighted by molar-refractivity contribution is 1.11. The second-order valence-electron chi connectivity index (χ2n) is 7.24. The Morgan fingerprint density at radius 1 is 0.870 bits per heavy atom. The molecule has 7 rings (SSSR count). The summed E-state index contributed by atoms with van der Waals surface area (Å²) in [4.78, 5) is 0. The van der Waals surface area contributed by atoms with E-state index in [1.807, 2.05) is 0 Å². The standard InChI is InChI=1S/C23H14/c1-2-4-7-13-12(6-3-1)14-8-5-9-15-17-11-19-16-10-18(16)21(13)23(20(14)15)22(17)19/h1-9,18H,10-11H2. The Morgan fingerprint density at radius 3 is 2.65 bits per heavy atom. The van der Waals surface area contributed by atoms with Crippen molar-refractivity contribution in [2.45, 2.75) is 18.8 Å². The van der Waals surface area contributed by atoms with Crippen molar-refractivity contribution < 1.29 is 0 Å². The van der Waals surface area contributed by atoms with Gasteiger partial charge in [0.15, 0.2) is 0 Å². The van der Waals surface area contributed by atoms with Crippen LogP contribution in [0.25, 0.3) is 34.1 Å². The molecule has 1 saturated carbocycles. The first-order valence-electron chi connectivity index (χ1n) is 8.53. The Kier molecular flexibility index (Phi) is 1.60. The number of hydrogen-bond acceptors (Lipinski definition) is 0. The average Bonchev–Trinajstić information content (AvgIpc) is 3.22. The Balaban J connectivity index is 1.78. The van der Waals surface area contributed by atoms with Gasteiger partial charge >= 0.3 is 0 Å². The van der Waals surface area contributed by atoms with Crippen molar-refractivity contribution in [1.82, 2.24) is 0 Å². The maximum atomic E-state index is 2.34. The summed E-state index contributed by atoms with van der Waals surface area (Å²) in [5.74, 6) is 0.705. The van der Waals surface area contributed by atoms with Crippen molar-refractivity contribution in [3.8, 4) is 0 Å². The van der Waals surface area contributed by atoms with E-state index in [4.69, 9.17) is 0 Å². The SMILES string of the molecule is C1=CC=Cc2c(c3c4c5c(cccc25)C2=C4C(=C4CC43)C2)C=C1. The quantitative estimate of drug-likeness (QED) is 0.570. The van der Waals surface area contributed by atoms with Gasteiger partial charge in [-0.15, -0.1) is 0 Å². The van der Waals surface area contributed by atoms with Crippen LogP contribution in [-0.4, -0.2) is 0 Å². The van der Waals surface area contributed by atoms with Crippen LogP contribution in [0.1, 0.15) is 46.6 Å². The lowest BCUT2D eigenvalue weighted by Gasteiger charge is -2.29. The van der Waals surface area contributed by atoms with E-state index in [1.54, 1.807) is 33.4 Å². The van der Waals surface area contributed by atoms with Crippen molar-refractivity contribution in [3.05, 3.63) is 81.5 Å². The number of allylic oxidation sites excluding steroid dienone is 8. The zero-order chi connectivity index (χ0) is 14.7. The highest BCUT2D eigenvalue weighted by molar-refractivity contribution is 6.26. The monoisotopic (exact) mass is 290 g/mol. The molecule has 23 heavy (non-hydrogen) atoms. The average molecular weight is 290 g/mol. The summed E-state index contributed by atoms with van der Waals surface area (Å²) >= 11 is 0. The van der Waals surface area contributed by atoms with E-state index in [0.29, 0.717) is 5.92 Å². The van der Waals surface area contributed by atoms with E-state index in [-0.39, 0.29) is 0 Å². The second kappa shape index (κ2) is 3.33. The van der Waals surface area contributed by atoms with Gasteiger partial charge in [0.25, 0.3) is 0 Å². The van der Waals surface area contributed by atoms with Crippen LogP contribution in [-0.2, 0) is 0 Å². The molecule has 5 aliphatic rings. The number of rotatable bonds is 0. The van der Waals surface area contributed by atoms with Gasteiger partial charge in [0, 0.05) is 5.92 Å². The minimum atomic E-state index is 0.705. The molecular formula is C23H14. The van der Waals surface area contributed by atoms with E-state index in [2.05, 4.69) is 54.7 Å². The van der Waals surface area contributed by atoms with Gasteiger partial charge in [0.1, 0.15) is 0 Å². The van der Waals surface area contributed by atoms with Crippen LogP contribution >= 0.6 is 0 Å². The highest BCUT2D eigenvalue weighted by Gasteiger charge is 2.50. The molecule has 0 heteroatoms. The predicted octanol–water partition coefficient (Wildman–Crippen LogP) is 5.86. The molecule has 0 spiro atoms. The topological polar surface area (TPSA) is 0 Å². The first-order chi connectivity index (χ1) is 11.4. The van der Waals surface area contributed by atoms with Crippen LogP contribution < -0.4 is 0 Å². The molecule has 0 aliphatic heterocycles. The summed E-state index contributed by atoms with van der Waals surface area (Å²) in [6.45, 7) is 0. The van der Waals surface area contributed by atoms with Crippen LogP contribution in [0.5, 0.6) is 0 Å².